The second-order valence-electron chi connectivity index (χ2n) is 16.1. The second kappa shape index (κ2) is 25.2. The summed E-state index contributed by atoms with van der Waals surface area (Å²) in [6.07, 6.45) is 10.4. The van der Waals surface area contributed by atoms with Crippen LogP contribution in [0.5, 0.6) is 5.75 Å². The molecule has 6 atom stereocenters. The second-order valence-corrected chi connectivity index (χ2v) is 16.1. The number of rotatable bonds is 20. The smallest absolute Gasteiger partial charge is 0.329 e. The number of unbranched alkanes of at least 4 members (excludes halogenated alkanes) is 4. The predicted molar refractivity (Wildman–Crippen MR) is 229 cm³/mol. The first-order valence-electron chi connectivity index (χ1n) is 21.1. The van der Waals surface area contributed by atoms with Crippen molar-refractivity contribution in [1.29, 1.82) is 0 Å². The minimum absolute atomic E-state index is 0.0347. The Hall–Kier alpha value is -5.50. The van der Waals surface area contributed by atoms with Gasteiger partial charge in [0.1, 0.15) is 30.5 Å². The van der Waals surface area contributed by atoms with Gasteiger partial charge in [-0.15, -0.1) is 0 Å². The molecule has 60 heavy (non-hydrogen) atoms. The maximum atomic E-state index is 13.8. The van der Waals surface area contributed by atoms with Crippen molar-refractivity contribution in [2.24, 2.45) is 11.8 Å². The van der Waals surface area contributed by atoms with E-state index in [1.165, 1.54) is 36.6 Å². The largest absolute Gasteiger partial charge is 0.508 e. The quantitative estimate of drug-likeness (QED) is 0.0647. The number of phenolic OH excluding ortho intramolecular Hbond substituents is 1. The molecular formula is C46H65N5O9. The zero-order valence-corrected chi connectivity index (χ0v) is 35.9. The number of esters is 1. The van der Waals surface area contributed by atoms with Crippen molar-refractivity contribution >= 4 is 35.5 Å². The first-order chi connectivity index (χ1) is 28.6. The highest BCUT2D eigenvalue weighted by Gasteiger charge is 2.36. The number of carbonyl (C=O) groups is 6. The van der Waals surface area contributed by atoms with Crippen molar-refractivity contribution < 1.29 is 43.7 Å². The standard InChI is InChI=1S/C46H65N5O9/c1-7-8-9-10-11-12-16-19-39(54)48-36(26-32-17-14-13-15-18-32)38(53)28-41(56)50-42(30(2)3)44(57)47-34-22-25-40(55)49-43(31(4)5)45(58)51(6)37(46(59)60-29-34)27-33-20-23-35(52)24-21-33/h12-18,20-25,30-31,34,36-38,42-43,52-53H,7-11,19,26-29H2,1-6H3,(H,47,57)(H,48,54)(H,49,55)(H,50,56)/b16-12-,25-22-/t34?,36-,37?,38-,42-,43-/m0/s1. The van der Waals surface area contributed by atoms with Crippen LogP contribution >= 0.6 is 0 Å². The lowest BCUT2D eigenvalue weighted by atomic mass is 9.97. The van der Waals surface area contributed by atoms with Crippen LogP contribution < -0.4 is 21.3 Å². The van der Waals surface area contributed by atoms with Gasteiger partial charge < -0.3 is 41.1 Å². The van der Waals surface area contributed by atoms with Gasteiger partial charge in [0.2, 0.25) is 29.5 Å². The summed E-state index contributed by atoms with van der Waals surface area (Å²) in [4.78, 5) is 81.8. The zero-order chi connectivity index (χ0) is 44.2. The number of nitrogens with zero attached hydrogens (tertiary/aromatic N) is 1. The fraction of sp³-hybridized carbons (Fsp3) is 0.522. The first kappa shape index (κ1) is 48.9. The molecule has 2 aromatic rings. The monoisotopic (exact) mass is 831 g/mol. The molecule has 0 fully saturated rings. The van der Waals surface area contributed by atoms with E-state index in [1.54, 1.807) is 39.8 Å². The Morgan fingerprint density at radius 2 is 1.62 bits per heavy atom. The molecule has 1 aliphatic rings. The number of hydrogen-bond donors (Lipinski definition) is 6. The normalized spacial score (nSPS) is 19.7. The van der Waals surface area contributed by atoms with Gasteiger partial charge in [0, 0.05) is 26.0 Å². The van der Waals surface area contributed by atoms with Gasteiger partial charge in [0.25, 0.3) is 0 Å². The summed E-state index contributed by atoms with van der Waals surface area (Å²) in [5, 5.41) is 32.2. The van der Waals surface area contributed by atoms with E-state index < -0.39 is 84.9 Å². The molecule has 0 bridgehead atoms. The topological polar surface area (TPSA) is 203 Å². The number of nitrogens with one attached hydrogen (secondary N) is 4. The van der Waals surface area contributed by atoms with Gasteiger partial charge in [0.05, 0.1) is 24.6 Å². The number of aromatic hydroxyl groups is 1. The van der Waals surface area contributed by atoms with Gasteiger partial charge in [0.15, 0.2) is 0 Å². The number of hydrogen-bond acceptors (Lipinski definition) is 9. The minimum atomic E-state index is -1.29. The van der Waals surface area contributed by atoms with Crippen molar-refractivity contribution in [3.05, 3.63) is 90.0 Å². The highest BCUT2D eigenvalue weighted by atomic mass is 16.5. The highest BCUT2D eigenvalue weighted by molar-refractivity contribution is 5.95. The average Bonchev–Trinajstić information content (AvgIpc) is 3.21. The summed E-state index contributed by atoms with van der Waals surface area (Å²) in [6, 6.07) is 10.5. The van der Waals surface area contributed by atoms with E-state index in [2.05, 4.69) is 28.2 Å². The minimum Gasteiger partial charge on any atom is -0.508 e. The van der Waals surface area contributed by atoms with E-state index in [9.17, 15) is 39.0 Å². The van der Waals surface area contributed by atoms with E-state index in [1.807, 2.05) is 42.5 Å². The fourth-order valence-electron chi connectivity index (χ4n) is 6.72. The lowest BCUT2D eigenvalue weighted by molar-refractivity contribution is -0.156. The van der Waals surface area contributed by atoms with Crippen LogP contribution in [0.4, 0.5) is 0 Å². The van der Waals surface area contributed by atoms with Crippen LogP contribution in [0, 0.1) is 11.8 Å². The van der Waals surface area contributed by atoms with E-state index in [0.717, 1.165) is 37.3 Å². The van der Waals surface area contributed by atoms with Gasteiger partial charge in [-0.25, -0.2) is 4.79 Å². The molecule has 2 aromatic carbocycles. The van der Waals surface area contributed by atoms with Crippen molar-refractivity contribution in [2.75, 3.05) is 13.7 Å². The molecule has 14 nitrogen and oxygen atoms in total. The van der Waals surface area contributed by atoms with Crippen molar-refractivity contribution in [1.82, 2.24) is 26.2 Å². The molecular weight excluding hydrogens is 767 g/mol. The maximum absolute atomic E-state index is 13.8. The molecule has 0 saturated heterocycles. The number of phenols is 1. The van der Waals surface area contributed by atoms with Gasteiger partial charge in [-0.2, -0.15) is 0 Å². The molecule has 1 heterocycles. The van der Waals surface area contributed by atoms with E-state index in [-0.39, 0.29) is 36.8 Å². The number of carbonyl (C=O) groups excluding carboxylic acids is 6. The number of benzene rings is 2. The third kappa shape index (κ3) is 16.6. The molecule has 0 radical (unpaired) electrons. The Kier molecular flexibility index (Phi) is 20.5. The number of allylic oxidation sites excluding steroid dienone is 1. The molecule has 2 unspecified atom stereocenters. The Labute approximate surface area is 354 Å². The summed E-state index contributed by atoms with van der Waals surface area (Å²) in [5.41, 5.74) is 1.50. The van der Waals surface area contributed by atoms with E-state index in [0.29, 0.717) is 5.56 Å². The summed E-state index contributed by atoms with van der Waals surface area (Å²) in [7, 11) is 1.45. The van der Waals surface area contributed by atoms with Crippen molar-refractivity contribution in [3.8, 4) is 5.75 Å². The van der Waals surface area contributed by atoms with Crippen molar-refractivity contribution in [3.63, 3.8) is 0 Å². The van der Waals surface area contributed by atoms with Crippen LogP contribution in [0.3, 0.4) is 0 Å². The Morgan fingerprint density at radius 1 is 0.917 bits per heavy atom. The lowest BCUT2D eigenvalue weighted by Gasteiger charge is -2.32. The van der Waals surface area contributed by atoms with E-state index >= 15 is 0 Å². The van der Waals surface area contributed by atoms with Crippen LogP contribution in [0.2, 0.25) is 0 Å². The maximum Gasteiger partial charge on any atom is 0.329 e. The summed E-state index contributed by atoms with van der Waals surface area (Å²) in [5.74, 6) is -4.12. The lowest BCUT2D eigenvalue weighted by Crippen LogP contribution is -2.56. The molecule has 14 heteroatoms. The fourth-order valence-corrected chi connectivity index (χ4v) is 6.72. The van der Waals surface area contributed by atoms with Crippen molar-refractivity contribution in [2.45, 2.75) is 129 Å². The third-order valence-corrected chi connectivity index (χ3v) is 10.4. The SMILES string of the molecule is CCCCCC/C=C\CC(=O)N[C@@H](Cc1ccccc1)[C@@H](O)CC(=O)N[C@H](C(=O)NC1/C=C\C(=O)N[C@@H](C(C)C)C(=O)N(C)C(Cc2ccc(O)cc2)C(=O)OC1)C(C)C. The number of aliphatic hydroxyl groups excluding tert-OH is 1. The number of amides is 5. The number of likely N-dealkylation sites (N-methyl/N-ethyl adjacent to an activating group) is 1. The molecule has 1 aliphatic heterocycles. The van der Waals surface area contributed by atoms with Gasteiger partial charge >= 0.3 is 5.97 Å². The molecule has 5 amide bonds. The highest BCUT2D eigenvalue weighted by Crippen LogP contribution is 2.18. The van der Waals surface area contributed by atoms with Gasteiger partial charge in [-0.05, 0) is 54.4 Å². The Bertz CT molecular complexity index is 1760. The molecule has 3 rings (SSSR count). The average molecular weight is 832 g/mol. The Balaban J connectivity index is 1.74. The molecule has 0 spiro atoms. The molecule has 328 valence electrons. The van der Waals surface area contributed by atoms with Crippen LogP contribution in [-0.2, 0) is 46.3 Å². The zero-order valence-electron chi connectivity index (χ0n) is 35.9. The van der Waals surface area contributed by atoms with Gasteiger partial charge in [-0.3, -0.25) is 24.0 Å². The number of aliphatic hydroxyl groups is 1. The predicted octanol–water partition coefficient (Wildman–Crippen LogP) is 4.04. The molecule has 6 N–H and O–H groups in total. The summed E-state index contributed by atoms with van der Waals surface area (Å²) in [6.45, 7) is 8.73. The third-order valence-electron chi connectivity index (χ3n) is 10.4. The number of ether oxygens (including phenoxy) is 1. The van der Waals surface area contributed by atoms with Crippen LogP contribution in [0.15, 0.2) is 78.9 Å². The van der Waals surface area contributed by atoms with Crippen LogP contribution in [-0.4, -0.2) is 101 Å². The first-order valence-corrected chi connectivity index (χ1v) is 21.1. The van der Waals surface area contributed by atoms with Crippen LogP contribution in [0.1, 0.15) is 90.7 Å². The molecule has 0 saturated carbocycles. The summed E-state index contributed by atoms with van der Waals surface area (Å²) >= 11 is 0. The van der Waals surface area contributed by atoms with Gasteiger partial charge in [-0.1, -0.05) is 115 Å². The van der Waals surface area contributed by atoms with Crippen LogP contribution in [0.25, 0.3) is 0 Å². The molecule has 0 aliphatic carbocycles. The van der Waals surface area contributed by atoms with E-state index in [4.69, 9.17) is 4.74 Å². The number of cyclic esters (lactones) is 1. The Morgan fingerprint density at radius 3 is 2.27 bits per heavy atom. The summed E-state index contributed by atoms with van der Waals surface area (Å²) < 4.78 is 5.68. The molecule has 0 aromatic heterocycles.